The van der Waals surface area contributed by atoms with Crippen LogP contribution in [0, 0.1) is 5.92 Å². The molecule has 0 spiro atoms. The van der Waals surface area contributed by atoms with E-state index in [9.17, 15) is 4.79 Å². The number of carbonyl (C=O) groups excluding carboxylic acids is 1. The summed E-state index contributed by atoms with van der Waals surface area (Å²) in [6, 6.07) is 0. The Kier molecular flexibility index (Phi) is 2.86. The lowest BCUT2D eigenvalue weighted by molar-refractivity contribution is -0.133. The van der Waals surface area contributed by atoms with Gasteiger partial charge in [0.05, 0.1) is 5.69 Å². The lowest BCUT2D eigenvalue weighted by Crippen LogP contribution is -2.31. The Morgan fingerprint density at radius 2 is 2.39 bits per heavy atom. The van der Waals surface area contributed by atoms with Crippen molar-refractivity contribution < 1.29 is 4.79 Å². The van der Waals surface area contributed by atoms with Gasteiger partial charge < -0.3 is 4.90 Å². The standard InChI is InChI=1S/C13H17N3OS/c1-9(2)12(17)15-4-3-10(7-15)11-13-16(8-14-11)5-6-18-13/h5-6,8-10H,3-4,7H2,1-2H3/t10-/m1/s1. The second kappa shape index (κ2) is 4.39. The third-order valence-corrected chi connectivity index (χ3v) is 4.46. The minimum Gasteiger partial charge on any atom is -0.342 e. The van der Waals surface area contributed by atoms with E-state index in [-0.39, 0.29) is 11.8 Å². The fourth-order valence-electron chi connectivity index (χ4n) is 2.58. The van der Waals surface area contributed by atoms with Gasteiger partial charge in [-0.3, -0.25) is 9.20 Å². The first-order valence-corrected chi connectivity index (χ1v) is 7.23. The maximum Gasteiger partial charge on any atom is 0.225 e. The number of nitrogens with zero attached hydrogens (tertiary/aromatic N) is 3. The first kappa shape index (κ1) is 11.7. The Labute approximate surface area is 110 Å². The van der Waals surface area contributed by atoms with Crippen LogP contribution in [0.15, 0.2) is 17.9 Å². The van der Waals surface area contributed by atoms with E-state index in [0.29, 0.717) is 5.92 Å². The van der Waals surface area contributed by atoms with E-state index in [1.165, 1.54) is 4.83 Å². The number of rotatable bonds is 2. The zero-order valence-corrected chi connectivity index (χ0v) is 11.5. The molecule has 4 nitrogen and oxygen atoms in total. The van der Waals surface area contributed by atoms with Gasteiger partial charge in [0, 0.05) is 36.5 Å². The fraction of sp³-hybridized carbons (Fsp3) is 0.538. The van der Waals surface area contributed by atoms with Crippen LogP contribution in [0.25, 0.3) is 4.83 Å². The summed E-state index contributed by atoms with van der Waals surface area (Å²) in [5, 5.41) is 2.08. The fourth-order valence-corrected chi connectivity index (χ4v) is 3.47. The van der Waals surface area contributed by atoms with Crippen LogP contribution in [-0.4, -0.2) is 33.3 Å². The zero-order chi connectivity index (χ0) is 12.7. The van der Waals surface area contributed by atoms with Gasteiger partial charge in [-0.05, 0) is 6.42 Å². The molecule has 2 aromatic heterocycles. The van der Waals surface area contributed by atoms with E-state index in [2.05, 4.69) is 14.8 Å². The number of carbonyl (C=O) groups is 1. The predicted octanol–water partition coefficient (Wildman–Crippen LogP) is 2.37. The second-order valence-electron chi connectivity index (χ2n) is 5.17. The van der Waals surface area contributed by atoms with E-state index < -0.39 is 0 Å². The molecule has 1 saturated heterocycles. The van der Waals surface area contributed by atoms with Gasteiger partial charge >= 0.3 is 0 Å². The van der Waals surface area contributed by atoms with Crippen molar-refractivity contribution >= 4 is 22.1 Å². The normalized spacial score (nSPS) is 20.2. The number of hydrogen-bond donors (Lipinski definition) is 0. The van der Waals surface area contributed by atoms with Crippen LogP contribution >= 0.6 is 11.3 Å². The number of aromatic nitrogens is 2. The van der Waals surface area contributed by atoms with E-state index in [1.807, 2.05) is 31.3 Å². The molecule has 3 heterocycles. The van der Waals surface area contributed by atoms with Crippen LogP contribution in [0.5, 0.6) is 0 Å². The number of likely N-dealkylation sites (tertiary alicyclic amines) is 1. The van der Waals surface area contributed by atoms with E-state index in [4.69, 9.17) is 0 Å². The molecule has 0 N–H and O–H groups in total. The lowest BCUT2D eigenvalue weighted by atomic mass is 10.1. The summed E-state index contributed by atoms with van der Waals surface area (Å²) in [5.74, 6) is 0.753. The predicted molar refractivity (Wildman–Crippen MR) is 71.8 cm³/mol. The van der Waals surface area contributed by atoms with Crippen molar-refractivity contribution in [2.24, 2.45) is 5.92 Å². The highest BCUT2D eigenvalue weighted by atomic mass is 32.1. The van der Waals surface area contributed by atoms with Crippen LogP contribution in [0.3, 0.4) is 0 Å². The molecule has 0 unspecified atom stereocenters. The van der Waals surface area contributed by atoms with E-state index >= 15 is 0 Å². The van der Waals surface area contributed by atoms with Gasteiger partial charge in [-0.15, -0.1) is 11.3 Å². The van der Waals surface area contributed by atoms with Gasteiger partial charge in [-0.25, -0.2) is 4.98 Å². The van der Waals surface area contributed by atoms with E-state index in [0.717, 1.165) is 25.2 Å². The molecule has 5 heteroatoms. The molecule has 1 amide bonds. The van der Waals surface area contributed by atoms with E-state index in [1.54, 1.807) is 11.3 Å². The van der Waals surface area contributed by atoms with Gasteiger partial charge in [-0.2, -0.15) is 0 Å². The van der Waals surface area contributed by atoms with Crippen LogP contribution in [-0.2, 0) is 4.79 Å². The van der Waals surface area contributed by atoms with Crippen molar-refractivity contribution in [1.29, 1.82) is 0 Å². The molecule has 1 aliphatic heterocycles. The number of thiazole rings is 1. The molecular weight excluding hydrogens is 246 g/mol. The number of amides is 1. The third kappa shape index (κ3) is 1.82. The quantitative estimate of drug-likeness (QED) is 0.834. The first-order chi connectivity index (χ1) is 8.66. The highest BCUT2D eigenvalue weighted by molar-refractivity contribution is 7.15. The lowest BCUT2D eigenvalue weighted by Gasteiger charge is -2.18. The summed E-state index contributed by atoms with van der Waals surface area (Å²) < 4.78 is 2.06. The molecule has 0 saturated carbocycles. The monoisotopic (exact) mass is 263 g/mol. The molecule has 96 valence electrons. The van der Waals surface area contributed by atoms with Gasteiger partial charge in [-0.1, -0.05) is 13.8 Å². The maximum absolute atomic E-state index is 12.0. The van der Waals surface area contributed by atoms with Crippen molar-refractivity contribution in [2.45, 2.75) is 26.2 Å². The molecule has 1 aliphatic rings. The second-order valence-corrected chi connectivity index (χ2v) is 6.06. The maximum atomic E-state index is 12.0. The molecule has 3 rings (SSSR count). The van der Waals surface area contributed by atoms with Crippen molar-refractivity contribution in [1.82, 2.24) is 14.3 Å². The summed E-state index contributed by atoms with van der Waals surface area (Å²) in [6.45, 7) is 5.61. The minimum atomic E-state index is 0.0903. The zero-order valence-electron chi connectivity index (χ0n) is 10.7. The summed E-state index contributed by atoms with van der Waals surface area (Å²) in [4.78, 5) is 19.7. The molecule has 18 heavy (non-hydrogen) atoms. The average Bonchev–Trinajstić information content (AvgIpc) is 3.02. The Morgan fingerprint density at radius 3 is 3.17 bits per heavy atom. The molecule has 0 bridgehead atoms. The largest absolute Gasteiger partial charge is 0.342 e. The number of imidazole rings is 1. The summed E-state index contributed by atoms with van der Waals surface area (Å²) >= 11 is 1.72. The van der Waals surface area contributed by atoms with Crippen LogP contribution in [0.4, 0.5) is 0 Å². The van der Waals surface area contributed by atoms with Crippen molar-refractivity contribution in [2.75, 3.05) is 13.1 Å². The topological polar surface area (TPSA) is 37.6 Å². The molecule has 0 aliphatic carbocycles. The van der Waals surface area contributed by atoms with Crippen LogP contribution in [0.2, 0.25) is 0 Å². The Bertz CT molecular complexity index is 572. The van der Waals surface area contributed by atoms with Crippen LogP contribution < -0.4 is 0 Å². The SMILES string of the molecule is CC(C)C(=O)N1CC[C@@H](c2ncn3ccsc23)C1. The molecule has 0 aromatic carbocycles. The highest BCUT2D eigenvalue weighted by Crippen LogP contribution is 2.31. The highest BCUT2D eigenvalue weighted by Gasteiger charge is 2.30. The summed E-state index contributed by atoms with van der Waals surface area (Å²) in [5.41, 5.74) is 1.16. The van der Waals surface area contributed by atoms with Crippen molar-refractivity contribution in [3.8, 4) is 0 Å². The molecular formula is C13H17N3OS. The summed E-state index contributed by atoms with van der Waals surface area (Å²) in [7, 11) is 0. The first-order valence-electron chi connectivity index (χ1n) is 6.35. The van der Waals surface area contributed by atoms with Crippen molar-refractivity contribution in [3.63, 3.8) is 0 Å². The Balaban J connectivity index is 1.80. The number of hydrogen-bond acceptors (Lipinski definition) is 3. The Morgan fingerprint density at radius 1 is 1.56 bits per heavy atom. The Hall–Kier alpha value is -1.36. The molecule has 0 radical (unpaired) electrons. The van der Waals surface area contributed by atoms with Crippen LogP contribution in [0.1, 0.15) is 31.9 Å². The van der Waals surface area contributed by atoms with Gasteiger partial charge in [0.1, 0.15) is 11.2 Å². The average molecular weight is 263 g/mol. The van der Waals surface area contributed by atoms with Crippen molar-refractivity contribution in [3.05, 3.63) is 23.6 Å². The van der Waals surface area contributed by atoms with Gasteiger partial charge in [0.15, 0.2) is 0 Å². The van der Waals surface area contributed by atoms with Gasteiger partial charge in [0.25, 0.3) is 0 Å². The van der Waals surface area contributed by atoms with Gasteiger partial charge in [0.2, 0.25) is 5.91 Å². The molecule has 2 aromatic rings. The molecule has 1 atom stereocenters. The third-order valence-electron chi connectivity index (χ3n) is 3.56. The minimum absolute atomic E-state index is 0.0903. The molecule has 1 fully saturated rings. The summed E-state index contributed by atoms with van der Waals surface area (Å²) in [6.07, 6.45) is 4.93. The number of fused-ring (bicyclic) bond motifs is 1. The smallest absolute Gasteiger partial charge is 0.225 e.